The van der Waals surface area contributed by atoms with Crippen LogP contribution in [0.3, 0.4) is 0 Å². The van der Waals surface area contributed by atoms with Gasteiger partial charge in [-0.05, 0) is 26.3 Å². The van der Waals surface area contributed by atoms with Crippen LogP contribution in [-0.4, -0.2) is 52.5 Å². The number of ether oxygens (including phenoxy) is 2. The number of rotatable bonds is 3. The van der Waals surface area contributed by atoms with E-state index in [0.717, 1.165) is 10.5 Å². The molecule has 7 heteroatoms. The Morgan fingerprint density at radius 2 is 1.92 bits per heavy atom. The largest absolute Gasteiger partial charge is 0.459 e. The zero-order valence-electron chi connectivity index (χ0n) is 13.9. The Balaban J connectivity index is 2.06. The van der Waals surface area contributed by atoms with Gasteiger partial charge in [0.25, 0.3) is 0 Å². The van der Waals surface area contributed by atoms with Crippen molar-refractivity contribution < 1.29 is 28.6 Å². The number of carbonyl (C=O) groups excluding carboxylic acids is 2. The van der Waals surface area contributed by atoms with E-state index < -0.39 is 36.0 Å². The number of aliphatic hydroxyl groups is 1. The van der Waals surface area contributed by atoms with E-state index >= 15 is 0 Å². The van der Waals surface area contributed by atoms with Crippen molar-refractivity contribution in [3.05, 3.63) is 35.9 Å². The molecule has 0 aromatic heterocycles. The van der Waals surface area contributed by atoms with E-state index in [1.165, 1.54) is 0 Å². The van der Waals surface area contributed by atoms with E-state index in [1.807, 2.05) is 6.07 Å². The van der Waals surface area contributed by atoms with E-state index in [9.17, 15) is 19.1 Å². The van der Waals surface area contributed by atoms with Crippen LogP contribution in [0.4, 0.5) is 9.18 Å². The molecular weight excluding hydrogens is 317 g/mol. The lowest BCUT2D eigenvalue weighted by molar-refractivity contribution is -0.152. The van der Waals surface area contributed by atoms with E-state index in [2.05, 4.69) is 0 Å². The van der Waals surface area contributed by atoms with Crippen LogP contribution in [0.25, 0.3) is 0 Å². The summed E-state index contributed by atoms with van der Waals surface area (Å²) in [5, 5.41) is 9.69. The number of esters is 1. The molecule has 1 amide bonds. The summed E-state index contributed by atoms with van der Waals surface area (Å²) in [5.74, 6) is -0.909. The maximum absolute atomic E-state index is 14.2. The zero-order valence-corrected chi connectivity index (χ0v) is 13.9. The first-order valence-corrected chi connectivity index (χ1v) is 7.71. The smallest absolute Gasteiger partial charge is 0.411 e. The van der Waals surface area contributed by atoms with Crippen LogP contribution in [0.2, 0.25) is 0 Å². The van der Waals surface area contributed by atoms with Crippen molar-refractivity contribution in [2.45, 2.75) is 51.3 Å². The van der Waals surface area contributed by atoms with Crippen LogP contribution in [0.5, 0.6) is 0 Å². The summed E-state index contributed by atoms with van der Waals surface area (Å²) in [6.45, 7) is 4.62. The van der Waals surface area contributed by atoms with Crippen molar-refractivity contribution in [3.63, 3.8) is 0 Å². The molecule has 1 aliphatic rings. The Hall–Kier alpha value is -2.15. The molecule has 1 aromatic rings. The molecule has 0 radical (unpaired) electrons. The van der Waals surface area contributed by atoms with Gasteiger partial charge >= 0.3 is 12.1 Å². The molecule has 0 spiro atoms. The second-order valence-corrected chi connectivity index (χ2v) is 6.68. The van der Waals surface area contributed by atoms with E-state index in [-0.39, 0.29) is 13.2 Å². The van der Waals surface area contributed by atoms with Gasteiger partial charge in [0.2, 0.25) is 0 Å². The third-order valence-electron chi connectivity index (χ3n) is 3.48. The molecule has 132 valence electrons. The summed E-state index contributed by atoms with van der Waals surface area (Å²) < 4.78 is 24.5. The molecule has 3 atom stereocenters. The summed E-state index contributed by atoms with van der Waals surface area (Å²) in [5.41, 5.74) is -0.0572. The number of hydrogen-bond acceptors (Lipinski definition) is 5. The number of alkyl halides is 1. The number of aliphatic hydroxyl groups excluding tert-OH is 1. The molecule has 1 aliphatic heterocycles. The summed E-state index contributed by atoms with van der Waals surface area (Å²) in [7, 11) is 0. The molecule has 0 aliphatic carbocycles. The highest BCUT2D eigenvalue weighted by Crippen LogP contribution is 2.25. The number of hydrogen-bond donors (Lipinski definition) is 1. The molecule has 1 saturated heterocycles. The monoisotopic (exact) mass is 339 g/mol. The number of β-amino-alcohol motifs (C(OH)–C–C–N with tert-alkyl or cyclic N) is 1. The molecule has 0 saturated carbocycles. The van der Waals surface area contributed by atoms with Crippen LogP contribution >= 0.6 is 0 Å². The molecule has 1 N–H and O–H groups in total. The molecule has 0 bridgehead atoms. The Bertz CT molecular complexity index is 586. The molecule has 0 unspecified atom stereocenters. The maximum Gasteiger partial charge on any atom is 0.411 e. The van der Waals surface area contributed by atoms with Gasteiger partial charge in [0.15, 0.2) is 12.2 Å². The first-order chi connectivity index (χ1) is 11.2. The highest BCUT2D eigenvalue weighted by molar-refractivity contribution is 5.83. The number of carbonyl (C=O) groups is 2. The van der Waals surface area contributed by atoms with Crippen molar-refractivity contribution in [1.82, 2.24) is 4.90 Å². The van der Waals surface area contributed by atoms with Gasteiger partial charge < -0.3 is 14.6 Å². The van der Waals surface area contributed by atoms with Crippen LogP contribution in [0, 0.1) is 0 Å². The molecule has 6 nitrogen and oxygen atoms in total. The fourth-order valence-corrected chi connectivity index (χ4v) is 2.38. The van der Waals surface area contributed by atoms with E-state index in [4.69, 9.17) is 9.47 Å². The summed E-state index contributed by atoms with van der Waals surface area (Å²) in [6, 6.07) is 7.39. The molecule has 24 heavy (non-hydrogen) atoms. The minimum Gasteiger partial charge on any atom is -0.459 e. The third-order valence-corrected chi connectivity index (χ3v) is 3.48. The SMILES string of the molecule is CC(C)(C)OC(=O)N1C[C@@H](O)[C@@H](F)[C@H]1C(=O)OCc1ccccc1. The van der Waals surface area contributed by atoms with Crippen molar-refractivity contribution >= 4 is 12.1 Å². The standard InChI is InChI=1S/C17H22FNO5/c1-17(2,3)24-16(22)19-9-12(20)13(18)14(19)15(21)23-10-11-7-5-4-6-8-11/h4-8,12-14,20H,9-10H2,1-3H3/t12-,13-,14+/m1/s1. The number of likely N-dealkylation sites (tertiary alicyclic amines) is 1. The molecule has 2 rings (SSSR count). The third kappa shape index (κ3) is 4.44. The second-order valence-electron chi connectivity index (χ2n) is 6.68. The van der Waals surface area contributed by atoms with Gasteiger partial charge in [-0.3, -0.25) is 4.90 Å². The van der Waals surface area contributed by atoms with Crippen molar-refractivity contribution in [1.29, 1.82) is 0 Å². The molecule has 1 aromatic carbocycles. The average molecular weight is 339 g/mol. The van der Waals surface area contributed by atoms with Crippen LogP contribution in [0.15, 0.2) is 30.3 Å². The van der Waals surface area contributed by atoms with Gasteiger partial charge in [-0.25, -0.2) is 14.0 Å². The molecule has 1 fully saturated rings. The quantitative estimate of drug-likeness (QED) is 0.853. The fraction of sp³-hybridized carbons (Fsp3) is 0.529. The van der Waals surface area contributed by atoms with Crippen molar-refractivity contribution in [2.24, 2.45) is 0 Å². The van der Waals surface area contributed by atoms with Gasteiger partial charge in [-0.2, -0.15) is 0 Å². The van der Waals surface area contributed by atoms with Gasteiger partial charge in [-0.15, -0.1) is 0 Å². The Kier molecular flexibility index (Phi) is 5.43. The van der Waals surface area contributed by atoms with Gasteiger partial charge in [0.1, 0.15) is 18.3 Å². The number of nitrogens with zero attached hydrogens (tertiary/aromatic N) is 1. The highest BCUT2D eigenvalue weighted by Gasteiger charge is 2.50. The minimum atomic E-state index is -1.92. The maximum atomic E-state index is 14.2. The Morgan fingerprint density at radius 3 is 2.50 bits per heavy atom. The van der Waals surface area contributed by atoms with Gasteiger partial charge in [0, 0.05) is 0 Å². The summed E-state index contributed by atoms with van der Waals surface area (Å²) in [6.07, 6.45) is -4.23. The lowest BCUT2D eigenvalue weighted by atomic mass is 10.1. The second kappa shape index (κ2) is 7.17. The highest BCUT2D eigenvalue weighted by atomic mass is 19.1. The first kappa shape index (κ1) is 18.2. The predicted molar refractivity (Wildman–Crippen MR) is 83.9 cm³/mol. The first-order valence-electron chi connectivity index (χ1n) is 7.71. The van der Waals surface area contributed by atoms with Gasteiger partial charge in [0.05, 0.1) is 6.54 Å². The summed E-state index contributed by atoms with van der Waals surface area (Å²) in [4.78, 5) is 25.3. The molecule has 1 heterocycles. The molecular formula is C17H22FNO5. The van der Waals surface area contributed by atoms with Crippen molar-refractivity contribution in [2.75, 3.05) is 6.54 Å². The lowest BCUT2D eigenvalue weighted by Crippen LogP contribution is -2.46. The van der Waals surface area contributed by atoms with Crippen molar-refractivity contribution in [3.8, 4) is 0 Å². The average Bonchev–Trinajstić information content (AvgIpc) is 2.80. The fourth-order valence-electron chi connectivity index (χ4n) is 2.38. The number of amides is 1. The van der Waals surface area contributed by atoms with E-state index in [1.54, 1.807) is 45.0 Å². The Labute approximate surface area is 140 Å². The van der Waals surface area contributed by atoms with Gasteiger partial charge in [-0.1, -0.05) is 30.3 Å². The number of halogens is 1. The minimum absolute atomic E-state index is 0.0405. The topological polar surface area (TPSA) is 76.1 Å². The Morgan fingerprint density at radius 1 is 1.29 bits per heavy atom. The summed E-state index contributed by atoms with van der Waals surface area (Å²) >= 11 is 0. The van der Waals surface area contributed by atoms with Crippen LogP contribution in [-0.2, 0) is 20.9 Å². The normalized spacial score (nSPS) is 23.9. The van der Waals surface area contributed by atoms with Crippen LogP contribution < -0.4 is 0 Å². The van der Waals surface area contributed by atoms with Crippen LogP contribution in [0.1, 0.15) is 26.3 Å². The zero-order chi connectivity index (χ0) is 17.9. The lowest BCUT2D eigenvalue weighted by Gasteiger charge is -2.27. The number of benzene rings is 1. The predicted octanol–water partition coefficient (Wildman–Crippen LogP) is 2.05. The van der Waals surface area contributed by atoms with E-state index in [0.29, 0.717) is 0 Å².